The van der Waals surface area contributed by atoms with Crippen molar-refractivity contribution in [2.45, 2.75) is 19.9 Å². The zero-order valence-electron chi connectivity index (χ0n) is 9.75. The van der Waals surface area contributed by atoms with E-state index in [1.54, 1.807) is 21.3 Å². The third-order valence-corrected chi connectivity index (χ3v) is 4.96. The van der Waals surface area contributed by atoms with Gasteiger partial charge in [0.1, 0.15) is 0 Å². The van der Waals surface area contributed by atoms with E-state index in [1.807, 2.05) is 6.92 Å². The Kier molecular flexibility index (Phi) is 10.8. The minimum absolute atomic E-state index is 0.184. The lowest BCUT2D eigenvalue weighted by Crippen LogP contribution is -2.41. The van der Waals surface area contributed by atoms with Crippen LogP contribution in [-0.2, 0) is 22.5 Å². The van der Waals surface area contributed by atoms with Crippen LogP contribution in [0, 0.1) is 0 Å². The van der Waals surface area contributed by atoms with E-state index in [4.69, 9.17) is 13.3 Å². The predicted octanol–water partition coefficient (Wildman–Crippen LogP) is -0.286. The molecule has 0 heterocycles. The Balaban J connectivity index is 0. The predicted molar refractivity (Wildman–Crippen MR) is 59.0 cm³/mol. The van der Waals surface area contributed by atoms with E-state index in [-0.39, 0.29) is 5.97 Å². The summed E-state index contributed by atoms with van der Waals surface area (Å²) in [6.07, 6.45) is 0. The van der Waals surface area contributed by atoms with E-state index in [9.17, 15) is 4.79 Å². The molecule has 0 bridgehead atoms. The van der Waals surface area contributed by atoms with Crippen LogP contribution in [0.2, 0.25) is 6.04 Å². The lowest BCUT2D eigenvalue weighted by Gasteiger charge is -2.22. The first kappa shape index (κ1) is 16.2. The third kappa shape index (κ3) is 7.21. The molecule has 86 valence electrons. The number of hydrogen-bond acceptors (Lipinski definition) is 5. The fourth-order valence-corrected chi connectivity index (χ4v) is 2.05. The van der Waals surface area contributed by atoms with E-state index >= 15 is 0 Å². The summed E-state index contributed by atoms with van der Waals surface area (Å²) in [7, 11) is 3.17. The highest BCUT2D eigenvalue weighted by molar-refractivity contribution is 6.60. The molecule has 0 aromatic heterocycles. The minimum Gasteiger partial charge on any atom is -0.529 e. The highest BCUT2D eigenvalue weighted by Crippen LogP contribution is 2.10. The zero-order chi connectivity index (χ0) is 11.6. The van der Waals surface area contributed by atoms with Crippen molar-refractivity contribution in [3.63, 3.8) is 0 Å². The average molecular weight is 240 g/mol. The van der Waals surface area contributed by atoms with Gasteiger partial charge in [-0.1, -0.05) is 6.92 Å². The van der Waals surface area contributed by atoms with Gasteiger partial charge in [-0.3, -0.25) is 4.79 Å². The van der Waals surface area contributed by atoms with Gasteiger partial charge in [-0.15, -0.1) is 0 Å². The quantitative estimate of drug-likeness (QED) is 0.632. The first-order valence-corrected chi connectivity index (χ1v) is 6.96. The van der Waals surface area contributed by atoms with E-state index in [2.05, 4.69) is 4.43 Å². The van der Waals surface area contributed by atoms with Crippen LogP contribution in [0.25, 0.3) is 0 Å². The monoisotopic (exact) mass is 240 g/mol. The molecule has 14 heavy (non-hydrogen) atoms. The van der Waals surface area contributed by atoms with Gasteiger partial charge in [0.25, 0.3) is 5.97 Å². The summed E-state index contributed by atoms with van der Waals surface area (Å²) in [4.78, 5) is 9.62. The number of rotatable bonds is 4. The molecule has 5 nitrogen and oxygen atoms in total. The Bertz CT molecular complexity index is 132. The number of carbonyl (C=O) groups excluding carboxylic acids is 1. The maximum Gasteiger partial charge on any atom is 0.499 e. The van der Waals surface area contributed by atoms with Crippen molar-refractivity contribution in [1.82, 2.24) is 0 Å². The topological polar surface area (TPSA) is 54.0 Å². The number of carbonyl (C=O) groups is 1. The van der Waals surface area contributed by atoms with E-state index < -0.39 is 8.80 Å². The summed E-state index contributed by atoms with van der Waals surface area (Å²) < 4.78 is 19.5. The first-order valence-electron chi connectivity index (χ1n) is 4.21. The molecule has 0 rings (SSSR count). The van der Waals surface area contributed by atoms with Gasteiger partial charge in [-0.2, -0.15) is 0 Å². The van der Waals surface area contributed by atoms with Crippen molar-refractivity contribution in [3.05, 3.63) is 0 Å². The highest BCUT2D eigenvalue weighted by Gasteiger charge is 2.34. The van der Waals surface area contributed by atoms with E-state index in [0.29, 0.717) is 10.5 Å². The zero-order valence-corrected chi connectivity index (χ0v) is 12.7. The standard InChI is InChI=1S/C5H14O3Si.C2H6O2Si/c1-5-9(6-2,7-3)8-4;1-2(3)4-5/h5H2,1-4H3;1,5H3. The molecular weight excluding hydrogens is 220 g/mol. The summed E-state index contributed by atoms with van der Waals surface area (Å²) in [6, 6.07) is 0.816. The lowest BCUT2D eigenvalue weighted by molar-refractivity contribution is -0.131. The van der Waals surface area contributed by atoms with Gasteiger partial charge in [-0.25, -0.2) is 0 Å². The smallest absolute Gasteiger partial charge is 0.499 e. The molecule has 0 aliphatic carbocycles. The second-order valence-electron chi connectivity index (χ2n) is 2.34. The van der Waals surface area contributed by atoms with Crippen LogP contribution in [-0.4, -0.2) is 46.6 Å². The van der Waals surface area contributed by atoms with Gasteiger partial charge >= 0.3 is 8.80 Å². The molecule has 0 amide bonds. The van der Waals surface area contributed by atoms with E-state index in [0.717, 1.165) is 6.04 Å². The summed E-state index contributed by atoms with van der Waals surface area (Å²) in [5.74, 6) is -0.184. The Hall–Kier alpha value is -0.216. The van der Waals surface area contributed by atoms with Gasteiger partial charge in [0, 0.05) is 34.3 Å². The maximum absolute atomic E-state index is 9.62. The fraction of sp³-hybridized carbons (Fsp3) is 0.857. The average Bonchev–Trinajstić information content (AvgIpc) is 2.23. The molecule has 0 aromatic carbocycles. The van der Waals surface area contributed by atoms with E-state index in [1.165, 1.54) is 6.92 Å². The van der Waals surface area contributed by atoms with Crippen molar-refractivity contribution in [1.29, 1.82) is 0 Å². The minimum atomic E-state index is -2.19. The van der Waals surface area contributed by atoms with Gasteiger partial charge in [0.05, 0.1) is 0 Å². The van der Waals surface area contributed by atoms with Gasteiger partial charge in [0.2, 0.25) is 10.5 Å². The molecule has 0 aliphatic heterocycles. The molecular formula is C7H20O5Si2. The lowest BCUT2D eigenvalue weighted by atomic mass is 10.9. The molecule has 0 radical (unpaired) electrons. The van der Waals surface area contributed by atoms with Gasteiger partial charge in [0.15, 0.2) is 0 Å². The molecule has 0 aliphatic rings. The second kappa shape index (κ2) is 9.34. The number of hydrogen-bond donors (Lipinski definition) is 0. The Labute approximate surface area is 89.6 Å². The molecule has 0 unspecified atom stereocenters. The Morgan fingerprint density at radius 2 is 1.50 bits per heavy atom. The molecule has 0 saturated heterocycles. The van der Waals surface area contributed by atoms with Gasteiger partial charge < -0.3 is 17.7 Å². The van der Waals surface area contributed by atoms with Gasteiger partial charge in [-0.05, 0) is 0 Å². The SMILES string of the molecule is CC(=O)O[SiH3].CC[Si](OC)(OC)OC. The summed E-state index contributed by atoms with van der Waals surface area (Å²) in [5, 5.41) is 0. The highest BCUT2D eigenvalue weighted by atomic mass is 28.4. The van der Waals surface area contributed by atoms with Crippen LogP contribution in [0.15, 0.2) is 0 Å². The normalized spacial score (nSPS) is 10.4. The second-order valence-corrected chi connectivity index (χ2v) is 6.05. The molecule has 0 saturated carbocycles. The molecule has 7 heteroatoms. The summed E-state index contributed by atoms with van der Waals surface area (Å²) in [6.45, 7) is 3.38. The molecule has 0 fully saturated rings. The summed E-state index contributed by atoms with van der Waals surface area (Å²) in [5.41, 5.74) is 0. The van der Waals surface area contributed by atoms with Crippen LogP contribution in [0.3, 0.4) is 0 Å². The fourth-order valence-electron chi connectivity index (χ4n) is 0.683. The van der Waals surface area contributed by atoms with Crippen molar-refractivity contribution in [2.24, 2.45) is 0 Å². The van der Waals surface area contributed by atoms with Crippen LogP contribution in [0.4, 0.5) is 0 Å². The molecule has 0 spiro atoms. The summed E-state index contributed by atoms with van der Waals surface area (Å²) >= 11 is 0. The molecule has 0 N–H and O–H groups in total. The van der Waals surface area contributed by atoms with Crippen molar-refractivity contribution in [2.75, 3.05) is 21.3 Å². The van der Waals surface area contributed by atoms with Crippen molar-refractivity contribution < 1.29 is 22.5 Å². The Morgan fingerprint density at radius 3 is 1.50 bits per heavy atom. The Morgan fingerprint density at radius 1 is 1.21 bits per heavy atom. The molecule has 0 aromatic rings. The van der Waals surface area contributed by atoms with Crippen LogP contribution in [0.1, 0.15) is 13.8 Å². The largest absolute Gasteiger partial charge is 0.529 e. The van der Waals surface area contributed by atoms with Crippen LogP contribution in [0.5, 0.6) is 0 Å². The van der Waals surface area contributed by atoms with Crippen LogP contribution < -0.4 is 0 Å². The van der Waals surface area contributed by atoms with Crippen molar-refractivity contribution >= 4 is 25.3 Å². The maximum atomic E-state index is 9.62. The first-order chi connectivity index (χ1) is 6.51. The molecule has 0 atom stereocenters. The van der Waals surface area contributed by atoms with Crippen molar-refractivity contribution in [3.8, 4) is 0 Å². The third-order valence-electron chi connectivity index (χ3n) is 1.65. The van der Waals surface area contributed by atoms with Crippen LogP contribution >= 0.6 is 0 Å².